The SMILES string of the molecule is CN(C)C1[C@@H]2CC[C@H]1CN(C(=O)CN1CCOc3ccccc3C1)C2. The summed E-state index contributed by atoms with van der Waals surface area (Å²) in [5.74, 6) is 2.53. The van der Waals surface area contributed by atoms with E-state index in [0.29, 0.717) is 31.0 Å². The molecule has 4 rings (SSSR count). The Labute approximate surface area is 150 Å². The third-order valence-electron chi connectivity index (χ3n) is 6.12. The van der Waals surface area contributed by atoms with Crippen molar-refractivity contribution in [3.63, 3.8) is 0 Å². The molecule has 0 N–H and O–H groups in total. The predicted molar refractivity (Wildman–Crippen MR) is 97.5 cm³/mol. The Morgan fingerprint density at radius 2 is 1.92 bits per heavy atom. The minimum atomic E-state index is 0.286. The first-order valence-electron chi connectivity index (χ1n) is 9.49. The van der Waals surface area contributed by atoms with E-state index in [1.165, 1.54) is 18.4 Å². The molecule has 2 aliphatic heterocycles. The molecule has 1 saturated carbocycles. The molecule has 1 aromatic carbocycles. The molecule has 0 aromatic heterocycles. The van der Waals surface area contributed by atoms with Crippen LogP contribution in [-0.4, -0.2) is 73.5 Å². The van der Waals surface area contributed by atoms with E-state index in [1.54, 1.807) is 0 Å². The second-order valence-corrected chi connectivity index (χ2v) is 8.02. The number of fused-ring (bicyclic) bond motifs is 3. The molecule has 136 valence electrons. The highest BCUT2D eigenvalue weighted by Crippen LogP contribution is 2.39. The summed E-state index contributed by atoms with van der Waals surface area (Å²) in [4.78, 5) is 19.6. The Kier molecular flexibility index (Phi) is 4.69. The maximum absolute atomic E-state index is 12.9. The number of para-hydroxylation sites is 1. The summed E-state index contributed by atoms with van der Waals surface area (Å²) in [5, 5.41) is 0. The first-order chi connectivity index (χ1) is 12.1. The Morgan fingerprint density at radius 3 is 2.64 bits per heavy atom. The van der Waals surface area contributed by atoms with Crippen LogP contribution in [0.5, 0.6) is 5.75 Å². The fourth-order valence-corrected chi connectivity index (χ4v) is 5.05. The maximum Gasteiger partial charge on any atom is 0.236 e. The average molecular weight is 343 g/mol. The van der Waals surface area contributed by atoms with Crippen molar-refractivity contribution in [1.82, 2.24) is 14.7 Å². The maximum atomic E-state index is 12.9. The van der Waals surface area contributed by atoms with Crippen molar-refractivity contribution in [2.45, 2.75) is 25.4 Å². The van der Waals surface area contributed by atoms with E-state index in [9.17, 15) is 4.79 Å². The summed E-state index contributed by atoms with van der Waals surface area (Å²) in [5.41, 5.74) is 1.18. The van der Waals surface area contributed by atoms with Crippen LogP contribution in [0.15, 0.2) is 24.3 Å². The fourth-order valence-electron chi connectivity index (χ4n) is 5.05. The monoisotopic (exact) mass is 343 g/mol. The van der Waals surface area contributed by atoms with Crippen molar-refractivity contribution in [3.8, 4) is 5.75 Å². The highest BCUT2D eigenvalue weighted by Gasteiger charge is 2.44. The zero-order valence-electron chi connectivity index (χ0n) is 15.4. The smallest absolute Gasteiger partial charge is 0.236 e. The zero-order chi connectivity index (χ0) is 17.4. The number of benzene rings is 1. The minimum Gasteiger partial charge on any atom is -0.492 e. The number of nitrogens with zero attached hydrogens (tertiary/aromatic N) is 3. The largest absolute Gasteiger partial charge is 0.492 e. The molecule has 1 aliphatic carbocycles. The molecular formula is C20H29N3O2. The van der Waals surface area contributed by atoms with E-state index in [-0.39, 0.29) is 5.91 Å². The van der Waals surface area contributed by atoms with Gasteiger partial charge < -0.3 is 14.5 Å². The number of carbonyl (C=O) groups excluding carboxylic acids is 1. The highest BCUT2D eigenvalue weighted by atomic mass is 16.5. The molecule has 2 bridgehead atoms. The van der Waals surface area contributed by atoms with Crippen LogP contribution in [0.2, 0.25) is 0 Å². The van der Waals surface area contributed by atoms with Crippen LogP contribution >= 0.6 is 0 Å². The van der Waals surface area contributed by atoms with Crippen LogP contribution in [0.1, 0.15) is 18.4 Å². The molecule has 3 aliphatic rings. The van der Waals surface area contributed by atoms with Gasteiger partial charge in [0.2, 0.25) is 5.91 Å². The van der Waals surface area contributed by atoms with Gasteiger partial charge in [0.15, 0.2) is 0 Å². The number of ether oxygens (including phenoxy) is 1. The van der Waals surface area contributed by atoms with Crippen molar-refractivity contribution in [3.05, 3.63) is 29.8 Å². The van der Waals surface area contributed by atoms with Gasteiger partial charge in [-0.2, -0.15) is 0 Å². The van der Waals surface area contributed by atoms with E-state index in [2.05, 4.69) is 34.9 Å². The van der Waals surface area contributed by atoms with E-state index in [0.717, 1.165) is 31.9 Å². The van der Waals surface area contributed by atoms with Gasteiger partial charge in [0.1, 0.15) is 12.4 Å². The van der Waals surface area contributed by atoms with Crippen LogP contribution in [0, 0.1) is 11.8 Å². The van der Waals surface area contributed by atoms with E-state index >= 15 is 0 Å². The number of hydrogen-bond acceptors (Lipinski definition) is 4. The lowest BCUT2D eigenvalue weighted by molar-refractivity contribution is -0.135. The molecule has 25 heavy (non-hydrogen) atoms. The van der Waals surface area contributed by atoms with Gasteiger partial charge in [0, 0.05) is 37.8 Å². The summed E-state index contributed by atoms with van der Waals surface area (Å²) in [6.07, 6.45) is 2.53. The number of rotatable bonds is 3. The first kappa shape index (κ1) is 16.9. The summed E-state index contributed by atoms with van der Waals surface area (Å²) in [6.45, 7) is 4.62. The molecule has 1 saturated heterocycles. The fraction of sp³-hybridized carbons (Fsp3) is 0.650. The lowest BCUT2D eigenvalue weighted by Crippen LogP contribution is -2.53. The van der Waals surface area contributed by atoms with Crippen molar-refractivity contribution >= 4 is 5.91 Å². The first-order valence-corrected chi connectivity index (χ1v) is 9.49. The van der Waals surface area contributed by atoms with Crippen molar-refractivity contribution in [2.75, 3.05) is 46.9 Å². The van der Waals surface area contributed by atoms with Crippen LogP contribution < -0.4 is 4.74 Å². The number of piperidine rings is 1. The normalized spacial score (nSPS) is 29.2. The van der Waals surface area contributed by atoms with E-state index in [4.69, 9.17) is 4.74 Å². The third kappa shape index (κ3) is 3.40. The second kappa shape index (κ2) is 6.96. The average Bonchev–Trinajstić information content (AvgIpc) is 2.76. The molecule has 0 spiro atoms. The van der Waals surface area contributed by atoms with E-state index in [1.807, 2.05) is 18.2 Å². The van der Waals surface area contributed by atoms with Gasteiger partial charge in [-0.15, -0.1) is 0 Å². The number of hydrogen-bond donors (Lipinski definition) is 0. The second-order valence-electron chi connectivity index (χ2n) is 8.02. The Bertz CT molecular complexity index is 619. The number of likely N-dealkylation sites (tertiary alicyclic amines) is 1. The lowest BCUT2D eigenvalue weighted by atomic mass is 9.91. The van der Waals surface area contributed by atoms with Crippen LogP contribution in [0.25, 0.3) is 0 Å². The van der Waals surface area contributed by atoms with E-state index < -0.39 is 0 Å². The molecule has 1 unspecified atom stereocenters. The zero-order valence-corrected chi connectivity index (χ0v) is 15.4. The highest BCUT2D eigenvalue weighted by molar-refractivity contribution is 5.78. The minimum absolute atomic E-state index is 0.286. The van der Waals surface area contributed by atoms with Crippen molar-refractivity contribution in [2.24, 2.45) is 11.8 Å². The standard InChI is InChI=1S/C20H29N3O2/c1-21(2)20-16-7-8-17(20)13-23(12-16)19(24)14-22-9-10-25-18-6-4-3-5-15(18)11-22/h3-6,16-17,20H,7-14H2,1-2H3/t16-,17+,20?. The molecule has 1 amide bonds. The van der Waals surface area contributed by atoms with Gasteiger partial charge in [0.05, 0.1) is 6.54 Å². The molecular weight excluding hydrogens is 314 g/mol. The Hall–Kier alpha value is -1.59. The quantitative estimate of drug-likeness (QED) is 0.837. The lowest BCUT2D eigenvalue weighted by Gasteiger charge is -2.41. The molecule has 2 heterocycles. The van der Waals surface area contributed by atoms with Crippen molar-refractivity contribution in [1.29, 1.82) is 0 Å². The summed E-state index contributed by atoms with van der Waals surface area (Å²) >= 11 is 0. The summed E-state index contributed by atoms with van der Waals surface area (Å²) < 4.78 is 5.82. The third-order valence-corrected chi connectivity index (χ3v) is 6.12. The predicted octanol–water partition coefficient (Wildman–Crippen LogP) is 1.68. The summed E-state index contributed by atoms with van der Waals surface area (Å²) in [6, 6.07) is 8.81. The number of carbonyl (C=O) groups is 1. The molecule has 5 heteroatoms. The van der Waals surface area contributed by atoms with Crippen molar-refractivity contribution < 1.29 is 9.53 Å². The van der Waals surface area contributed by atoms with Gasteiger partial charge in [-0.05, 0) is 44.8 Å². The van der Waals surface area contributed by atoms with Crippen LogP contribution in [-0.2, 0) is 11.3 Å². The topological polar surface area (TPSA) is 36.0 Å². The van der Waals surface area contributed by atoms with Gasteiger partial charge in [-0.25, -0.2) is 0 Å². The molecule has 1 aromatic rings. The Morgan fingerprint density at radius 1 is 1.20 bits per heavy atom. The number of amides is 1. The molecule has 2 fully saturated rings. The molecule has 0 radical (unpaired) electrons. The Balaban J connectivity index is 1.38. The van der Waals surface area contributed by atoms with Crippen LogP contribution in [0.3, 0.4) is 0 Å². The van der Waals surface area contributed by atoms with Gasteiger partial charge in [-0.3, -0.25) is 9.69 Å². The molecule has 3 atom stereocenters. The summed E-state index contributed by atoms with van der Waals surface area (Å²) in [7, 11) is 4.37. The van der Waals surface area contributed by atoms with Gasteiger partial charge in [-0.1, -0.05) is 18.2 Å². The van der Waals surface area contributed by atoms with Crippen LogP contribution in [0.4, 0.5) is 0 Å². The van der Waals surface area contributed by atoms with Gasteiger partial charge >= 0.3 is 0 Å². The van der Waals surface area contributed by atoms with Gasteiger partial charge in [0.25, 0.3) is 0 Å². The molecule has 5 nitrogen and oxygen atoms in total.